The maximum atomic E-state index is 12.7. The number of β-amino-alcohol motifs (C(OH)–C–C–N with tert-alkyl or cyclic N) is 1. The average Bonchev–Trinajstić information content (AvgIpc) is 2.97. The highest BCUT2D eigenvalue weighted by Crippen LogP contribution is 2.40. The number of amides is 1. The number of hydrogen-bond acceptors (Lipinski definition) is 5. The molecule has 1 saturated heterocycles. The average molecular weight is 341 g/mol. The van der Waals surface area contributed by atoms with Crippen LogP contribution in [0.25, 0.3) is 0 Å². The van der Waals surface area contributed by atoms with Crippen molar-refractivity contribution < 1.29 is 19.4 Å². The van der Waals surface area contributed by atoms with E-state index in [1.165, 1.54) is 0 Å². The monoisotopic (exact) mass is 340 g/mol. The smallest absolute Gasteiger partial charge is 0.254 e. The van der Waals surface area contributed by atoms with Gasteiger partial charge in [-0.3, -0.25) is 9.69 Å². The van der Waals surface area contributed by atoms with Crippen molar-refractivity contribution in [3.63, 3.8) is 0 Å². The third kappa shape index (κ3) is 3.39. The van der Waals surface area contributed by atoms with Crippen LogP contribution in [0.4, 0.5) is 0 Å². The van der Waals surface area contributed by atoms with Crippen molar-refractivity contribution in [2.24, 2.45) is 0 Å². The standard InChI is InChI=1S/C16H21ClN2O4/c1-10-7-19(4-3-18(10)8-11(2)20)16(21)12-5-13(17)15-14(6-12)22-9-23-15/h5-6,10-11,20H,3-4,7-9H2,1-2H3/t10-,11-/m0/s1. The predicted octanol–water partition coefficient (Wildman–Crippen LogP) is 1.60. The summed E-state index contributed by atoms with van der Waals surface area (Å²) in [4.78, 5) is 16.7. The Kier molecular flexibility index (Phi) is 4.66. The fraction of sp³-hybridized carbons (Fsp3) is 0.562. The van der Waals surface area contributed by atoms with Crippen LogP contribution in [-0.2, 0) is 0 Å². The van der Waals surface area contributed by atoms with E-state index in [9.17, 15) is 9.90 Å². The fourth-order valence-corrected chi connectivity index (χ4v) is 3.33. The van der Waals surface area contributed by atoms with Gasteiger partial charge in [0.2, 0.25) is 6.79 Å². The molecule has 3 rings (SSSR count). The van der Waals surface area contributed by atoms with Crippen LogP contribution in [0.15, 0.2) is 12.1 Å². The number of rotatable bonds is 3. The van der Waals surface area contributed by atoms with E-state index in [0.717, 1.165) is 6.54 Å². The van der Waals surface area contributed by atoms with Gasteiger partial charge in [-0.25, -0.2) is 0 Å². The van der Waals surface area contributed by atoms with Crippen LogP contribution in [-0.4, -0.2) is 65.9 Å². The van der Waals surface area contributed by atoms with Gasteiger partial charge < -0.3 is 19.5 Å². The number of benzene rings is 1. The summed E-state index contributed by atoms with van der Waals surface area (Å²) in [7, 11) is 0. The van der Waals surface area contributed by atoms with Crippen molar-refractivity contribution in [1.82, 2.24) is 9.80 Å². The number of fused-ring (bicyclic) bond motifs is 1. The third-order valence-electron chi connectivity index (χ3n) is 4.23. The van der Waals surface area contributed by atoms with Crippen LogP contribution < -0.4 is 9.47 Å². The Balaban J connectivity index is 1.71. The molecule has 0 aromatic heterocycles. The molecule has 0 unspecified atom stereocenters. The SMILES string of the molecule is C[C@H](O)CN1CCN(C(=O)c2cc(Cl)c3c(c2)OCO3)C[C@@H]1C. The third-order valence-corrected chi connectivity index (χ3v) is 4.51. The quantitative estimate of drug-likeness (QED) is 0.905. The van der Waals surface area contributed by atoms with Crippen LogP contribution in [0, 0.1) is 0 Å². The van der Waals surface area contributed by atoms with E-state index in [4.69, 9.17) is 21.1 Å². The minimum atomic E-state index is -0.368. The largest absolute Gasteiger partial charge is 0.454 e. The molecule has 2 aliphatic rings. The van der Waals surface area contributed by atoms with Gasteiger partial charge in [0.15, 0.2) is 11.5 Å². The molecule has 1 fully saturated rings. The number of aliphatic hydroxyl groups is 1. The number of carbonyl (C=O) groups excluding carboxylic acids is 1. The lowest BCUT2D eigenvalue weighted by atomic mass is 10.1. The molecule has 2 aliphatic heterocycles. The Hall–Kier alpha value is -1.50. The van der Waals surface area contributed by atoms with E-state index in [2.05, 4.69) is 11.8 Å². The summed E-state index contributed by atoms with van der Waals surface area (Å²) < 4.78 is 10.6. The molecule has 1 aromatic carbocycles. The molecule has 2 heterocycles. The number of carbonyl (C=O) groups is 1. The lowest BCUT2D eigenvalue weighted by Gasteiger charge is -2.40. The molecule has 0 saturated carbocycles. The highest BCUT2D eigenvalue weighted by molar-refractivity contribution is 6.32. The Labute approximate surface area is 140 Å². The molecule has 7 heteroatoms. The molecule has 0 bridgehead atoms. The summed E-state index contributed by atoms with van der Waals surface area (Å²) in [6, 6.07) is 3.51. The van der Waals surface area contributed by atoms with Crippen LogP contribution in [0.2, 0.25) is 5.02 Å². The van der Waals surface area contributed by atoms with Gasteiger partial charge >= 0.3 is 0 Å². The van der Waals surface area contributed by atoms with Gasteiger partial charge in [-0.15, -0.1) is 0 Å². The number of aliphatic hydroxyl groups excluding tert-OH is 1. The molecular formula is C16H21ClN2O4. The second-order valence-corrected chi connectivity index (χ2v) is 6.54. The van der Waals surface area contributed by atoms with Crippen LogP contribution in [0.5, 0.6) is 11.5 Å². The Morgan fingerprint density at radius 1 is 1.43 bits per heavy atom. The van der Waals surface area contributed by atoms with Crippen molar-refractivity contribution in [1.29, 1.82) is 0 Å². The van der Waals surface area contributed by atoms with Crippen molar-refractivity contribution in [3.05, 3.63) is 22.7 Å². The van der Waals surface area contributed by atoms with Crippen LogP contribution in [0.3, 0.4) is 0 Å². The lowest BCUT2D eigenvalue weighted by molar-refractivity contribution is 0.0365. The van der Waals surface area contributed by atoms with E-state index in [-0.39, 0.29) is 24.8 Å². The van der Waals surface area contributed by atoms with Gasteiger partial charge in [0, 0.05) is 37.8 Å². The molecule has 126 valence electrons. The Bertz CT molecular complexity index is 608. The maximum absolute atomic E-state index is 12.7. The molecule has 0 spiro atoms. The molecule has 1 amide bonds. The molecular weight excluding hydrogens is 320 g/mol. The molecule has 0 aliphatic carbocycles. The van der Waals surface area contributed by atoms with Gasteiger partial charge in [0.05, 0.1) is 11.1 Å². The van der Waals surface area contributed by atoms with Gasteiger partial charge in [-0.1, -0.05) is 11.6 Å². The summed E-state index contributed by atoms with van der Waals surface area (Å²) in [5, 5.41) is 9.93. The van der Waals surface area contributed by atoms with Gasteiger partial charge in [-0.2, -0.15) is 0 Å². The summed E-state index contributed by atoms with van der Waals surface area (Å²) in [5.41, 5.74) is 0.510. The number of halogens is 1. The fourth-order valence-electron chi connectivity index (χ4n) is 3.06. The molecule has 2 atom stereocenters. The Morgan fingerprint density at radius 3 is 2.91 bits per heavy atom. The first-order valence-electron chi connectivity index (χ1n) is 7.76. The first-order valence-corrected chi connectivity index (χ1v) is 8.14. The summed E-state index contributed by atoms with van der Waals surface area (Å²) in [5.74, 6) is 0.953. The minimum absolute atomic E-state index is 0.0613. The number of hydrogen-bond donors (Lipinski definition) is 1. The van der Waals surface area contributed by atoms with Crippen molar-refractivity contribution >= 4 is 17.5 Å². The highest BCUT2D eigenvalue weighted by Gasteiger charge is 2.29. The first kappa shape index (κ1) is 16.4. The van der Waals surface area contributed by atoms with Crippen molar-refractivity contribution in [3.8, 4) is 11.5 Å². The number of ether oxygens (including phenoxy) is 2. The molecule has 1 N–H and O–H groups in total. The Morgan fingerprint density at radius 2 is 2.22 bits per heavy atom. The van der Waals surface area contributed by atoms with Crippen LogP contribution in [0.1, 0.15) is 24.2 Å². The topological polar surface area (TPSA) is 62.2 Å². The lowest BCUT2D eigenvalue weighted by Crippen LogP contribution is -2.54. The van der Waals surface area contributed by atoms with E-state index in [1.807, 2.05) is 4.90 Å². The summed E-state index contributed by atoms with van der Waals surface area (Å²) in [6.45, 7) is 6.59. The maximum Gasteiger partial charge on any atom is 0.254 e. The van der Waals surface area contributed by atoms with Gasteiger partial charge in [0.1, 0.15) is 0 Å². The molecule has 1 aromatic rings. The van der Waals surface area contributed by atoms with E-state index >= 15 is 0 Å². The predicted molar refractivity (Wildman–Crippen MR) is 86.2 cm³/mol. The van der Waals surface area contributed by atoms with Crippen molar-refractivity contribution in [2.45, 2.75) is 26.0 Å². The number of nitrogens with zero attached hydrogens (tertiary/aromatic N) is 2. The molecule has 6 nitrogen and oxygen atoms in total. The second kappa shape index (κ2) is 6.55. The van der Waals surface area contributed by atoms with E-state index in [0.29, 0.717) is 41.7 Å². The number of piperazine rings is 1. The normalized spacial score (nSPS) is 22.3. The zero-order valence-electron chi connectivity index (χ0n) is 13.3. The minimum Gasteiger partial charge on any atom is -0.454 e. The van der Waals surface area contributed by atoms with E-state index in [1.54, 1.807) is 19.1 Å². The van der Waals surface area contributed by atoms with Crippen LogP contribution >= 0.6 is 11.6 Å². The van der Waals surface area contributed by atoms with Gasteiger partial charge in [0.25, 0.3) is 5.91 Å². The zero-order chi connectivity index (χ0) is 16.6. The molecule has 0 radical (unpaired) electrons. The summed E-state index contributed by atoms with van der Waals surface area (Å²) in [6.07, 6.45) is -0.368. The first-order chi connectivity index (χ1) is 11.0. The highest BCUT2D eigenvalue weighted by atomic mass is 35.5. The van der Waals surface area contributed by atoms with Gasteiger partial charge in [-0.05, 0) is 26.0 Å². The molecule has 23 heavy (non-hydrogen) atoms. The van der Waals surface area contributed by atoms with E-state index < -0.39 is 0 Å². The zero-order valence-corrected chi connectivity index (χ0v) is 14.0. The summed E-state index contributed by atoms with van der Waals surface area (Å²) >= 11 is 6.16. The van der Waals surface area contributed by atoms with Crippen molar-refractivity contribution in [2.75, 3.05) is 33.0 Å². The second-order valence-electron chi connectivity index (χ2n) is 6.14.